The van der Waals surface area contributed by atoms with Crippen LogP contribution in [0.2, 0.25) is 0 Å². The number of aromatic nitrogens is 1. The predicted molar refractivity (Wildman–Crippen MR) is 136 cm³/mol. The molecule has 0 spiro atoms. The molecule has 0 radical (unpaired) electrons. The molecule has 1 aliphatic heterocycles. The van der Waals surface area contributed by atoms with E-state index in [-0.39, 0.29) is 5.91 Å². The fraction of sp³-hybridized carbons (Fsp3) is 0.308. The number of amides is 1. The first-order valence-electron chi connectivity index (χ1n) is 11.8. The Morgan fingerprint density at radius 2 is 1.83 bits per heavy atom. The topological polar surface area (TPSA) is 92.5 Å². The second kappa shape index (κ2) is 10.3. The molecule has 9 heteroatoms. The van der Waals surface area contributed by atoms with E-state index in [1.54, 1.807) is 28.6 Å². The zero-order valence-corrected chi connectivity index (χ0v) is 20.9. The fourth-order valence-corrected chi connectivity index (χ4v) is 7.25. The predicted octanol–water partition coefficient (Wildman–Crippen LogP) is 4.63. The van der Waals surface area contributed by atoms with Gasteiger partial charge in [0.15, 0.2) is 11.5 Å². The van der Waals surface area contributed by atoms with E-state index in [4.69, 9.17) is 4.42 Å². The highest BCUT2D eigenvalue weighted by atomic mass is 32.2. The van der Waals surface area contributed by atoms with Crippen molar-refractivity contribution in [1.29, 1.82) is 0 Å². The average Bonchev–Trinajstić information content (AvgIpc) is 3.52. The van der Waals surface area contributed by atoms with Gasteiger partial charge < -0.3 is 9.73 Å². The van der Waals surface area contributed by atoms with E-state index in [1.165, 1.54) is 11.3 Å². The van der Waals surface area contributed by atoms with Crippen LogP contribution in [0.5, 0.6) is 0 Å². The highest BCUT2D eigenvalue weighted by Gasteiger charge is 2.27. The number of hydrogen-bond acceptors (Lipinski definition) is 6. The summed E-state index contributed by atoms with van der Waals surface area (Å²) in [5, 5.41) is 2.92. The van der Waals surface area contributed by atoms with Crippen molar-refractivity contribution in [1.82, 2.24) is 14.6 Å². The number of thiophene rings is 1. The lowest BCUT2D eigenvalue weighted by Gasteiger charge is -2.25. The monoisotopic (exact) mass is 509 g/mol. The number of sulfonamides is 1. The third-order valence-electron chi connectivity index (χ3n) is 6.10. The van der Waals surface area contributed by atoms with E-state index in [0.717, 1.165) is 29.7 Å². The molecule has 7 nitrogen and oxygen atoms in total. The maximum absolute atomic E-state index is 12.8. The molecule has 1 N–H and O–H groups in total. The largest absolute Gasteiger partial charge is 0.440 e. The summed E-state index contributed by atoms with van der Waals surface area (Å²) < 4.78 is 33.4. The van der Waals surface area contributed by atoms with Gasteiger partial charge in [0.05, 0.1) is 0 Å². The molecule has 0 bridgehead atoms. The van der Waals surface area contributed by atoms with Gasteiger partial charge in [0, 0.05) is 36.5 Å². The number of oxazole rings is 1. The number of nitrogens with one attached hydrogen (secondary N) is 1. The van der Waals surface area contributed by atoms with Gasteiger partial charge in [0.2, 0.25) is 0 Å². The van der Waals surface area contributed by atoms with Gasteiger partial charge in [-0.05, 0) is 55.2 Å². The molecule has 0 saturated carbocycles. The quantitative estimate of drug-likeness (QED) is 0.374. The molecule has 2 aromatic carbocycles. The number of benzene rings is 2. The Kier molecular flexibility index (Phi) is 6.99. The zero-order valence-electron chi connectivity index (χ0n) is 19.3. The molecule has 0 aliphatic carbocycles. The summed E-state index contributed by atoms with van der Waals surface area (Å²) in [7, 11) is -3.42. The fourth-order valence-electron chi connectivity index (χ4n) is 4.23. The van der Waals surface area contributed by atoms with E-state index < -0.39 is 10.0 Å². The van der Waals surface area contributed by atoms with Crippen molar-refractivity contribution in [2.45, 2.75) is 36.3 Å². The first kappa shape index (κ1) is 23.7. The van der Waals surface area contributed by atoms with Crippen LogP contribution in [0.1, 0.15) is 46.0 Å². The smallest absolute Gasteiger partial charge is 0.252 e. The van der Waals surface area contributed by atoms with Gasteiger partial charge in [-0.3, -0.25) is 4.79 Å². The second-order valence-corrected chi connectivity index (χ2v) is 12.0. The number of piperidine rings is 1. The molecule has 35 heavy (non-hydrogen) atoms. The standard InChI is InChI=1S/C26H27N3O4S2/c30-26(20-9-11-23-22(18-20)28-24(33-23)17-19-7-3-1-4-8-19)27-14-13-21-10-12-25(34-21)35(31,32)29-15-5-2-6-16-29/h1,3-4,7-12,18H,2,5-6,13-17H2,(H,27,30). The summed E-state index contributed by atoms with van der Waals surface area (Å²) in [6.45, 7) is 1.60. The number of fused-ring (bicyclic) bond motifs is 1. The summed E-state index contributed by atoms with van der Waals surface area (Å²) >= 11 is 1.28. The lowest BCUT2D eigenvalue weighted by molar-refractivity contribution is 0.0954. The van der Waals surface area contributed by atoms with E-state index in [1.807, 2.05) is 36.4 Å². The Labute approximate surface area is 208 Å². The van der Waals surface area contributed by atoms with Crippen molar-refractivity contribution in [2.75, 3.05) is 19.6 Å². The highest BCUT2D eigenvalue weighted by molar-refractivity contribution is 7.91. The van der Waals surface area contributed by atoms with Gasteiger partial charge in [-0.2, -0.15) is 4.31 Å². The summed E-state index contributed by atoms with van der Waals surface area (Å²) in [6.07, 6.45) is 4.07. The van der Waals surface area contributed by atoms with Gasteiger partial charge in [0.1, 0.15) is 9.73 Å². The van der Waals surface area contributed by atoms with Crippen LogP contribution in [-0.4, -0.2) is 43.2 Å². The van der Waals surface area contributed by atoms with Crippen molar-refractivity contribution < 1.29 is 17.6 Å². The molecule has 0 unspecified atom stereocenters. The normalized spacial score (nSPS) is 14.9. The Hall–Kier alpha value is -3.01. The summed E-state index contributed by atoms with van der Waals surface area (Å²) in [5.41, 5.74) is 2.91. The van der Waals surface area contributed by atoms with Crippen molar-refractivity contribution in [2.24, 2.45) is 0 Å². The highest BCUT2D eigenvalue weighted by Crippen LogP contribution is 2.27. The number of nitrogens with zero attached hydrogens (tertiary/aromatic N) is 2. The molecule has 5 rings (SSSR count). The van der Waals surface area contributed by atoms with Crippen LogP contribution < -0.4 is 5.32 Å². The number of rotatable bonds is 8. The molecule has 1 fully saturated rings. The van der Waals surface area contributed by atoms with E-state index in [9.17, 15) is 13.2 Å². The van der Waals surface area contributed by atoms with Crippen molar-refractivity contribution >= 4 is 38.4 Å². The third-order valence-corrected chi connectivity index (χ3v) is 9.61. The van der Waals surface area contributed by atoms with Gasteiger partial charge in [0.25, 0.3) is 15.9 Å². The molecule has 3 heterocycles. The van der Waals surface area contributed by atoms with Gasteiger partial charge >= 0.3 is 0 Å². The van der Waals surface area contributed by atoms with Crippen LogP contribution in [0.3, 0.4) is 0 Å². The second-order valence-electron chi connectivity index (χ2n) is 8.64. The number of carbonyl (C=O) groups is 1. The van der Waals surface area contributed by atoms with Crippen LogP contribution in [0.4, 0.5) is 0 Å². The maximum Gasteiger partial charge on any atom is 0.252 e. The lowest BCUT2D eigenvalue weighted by atomic mass is 10.1. The minimum atomic E-state index is -3.42. The van der Waals surface area contributed by atoms with E-state index >= 15 is 0 Å². The Morgan fingerprint density at radius 1 is 1.03 bits per heavy atom. The molecule has 1 aliphatic rings. The lowest BCUT2D eigenvalue weighted by Crippen LogP contribution is -2.35. The summed E-state index contributed by atoms with van der Waals surface area (Å²) in [6, 6.07) is 18.7. The van der Waals surface area contributed by atoms with Gasteiger partial charge in [-0.25, -0.2) is 13.4 Å². The van der Waals surface area contributed by atoms with Crippen LogP contribution in [0, 0.1) is 0 Å². The number of hydrogen-bond donors (Lipinski definition) is 1. The average molecular weight is 510 g/mol. The SMILES string of the molecule is O=C(NCCc1ccc(S(=O)(=O)N2CCCCC2)s1)c1ccc2oc(Cc3ccccc3)nc2c1. The molecule has 4 aromatic rings. The van der Waals surface area contributed by atoms with Crippen LogP contribution >= 0.6 is 11.3 Å². The van der Waals surface area contributed by atoms with E-state index in [2.05, 4.69) is 10.3 Å². The van der Waals surface area contributed by atoms with Gasteiger partial charge in [-0.15, -0.1) is 11.3 Å². The van der Waals surface area contributed by atoms with Gasteiger partial charge in [-0.1, -0.05) is 36.8 Å². The van der Waals surface area contributed by atoms with E-state index in [0.29, 0.717) is 59.2 Å². The number of carbonyl (C=O) groups excluding carboxylic acids is 1. The molecule has 1 amide bonds. The van der Waals surface area contributed by atoms with Crippen molar-refractivity contribution in [3.63, 3.8) is 0 Å². The van der Waals surface area contributed by atoms with Crippen molar-refractivity contribution in [3.05, 3.63) is 82.6 Å². The van der Waals surface area contributed by atoms with Crippen LogP contribution in [0.25, 0.3) is 11.1 Å². The molecular weight excluding hydrogens is 482 g/mol. The van der Waals surface area contributed by atoms with Crippen LogP contribution in [-0.2, 0) is 22.9 Å². The zero-order chi connectivity index (χ0) is 24.3. The minimum absolute atomic E-state index is 0.197. The van der Waals surface area contributed by atoms with Crippen molar-refractivity contribution in [3.8, 4) is 0 Å². The molecule has 2 aromatic heterocycles. The third kappa shape index (κ3) is 5.47. The summed E-state index contributed by atoms with van der Waals surface area (Å²) in [5.74, 6) is 0.411. The first-order chi connectivity index (χ1) is 17.0. The Balaban J connectivity index is 1.18. The minimum Gasteiger partial charge on any atom is -0.440 e. The maximum atomic E-state index is 12.8. The first-order valence-corrected chi connectivity index (χ1v) is 14.1. The molecule has 0 atom stereocenters. The Morgan fingerprint density at radius 3 is 2.63 bits per heavy atom. The molecular formula is C26H27N3O4S2. The Bertz CT molecular complexity index is 1420. The molecule has 182 valence electrons. The molecule has 1 saturated heterocycles. The summed E-state index contributed by atoms with van der Waals surface area (Å²) in [4.78, 5) is 18.1. The van der Waals surface area contributed by atoms with Crippen LogP contribution in [0.15, 0.2) is 69.3 Å².